The highest BCUT2D eigenvalue weighted by Gasteiger charge is 2.27. The van der Waals surface area contributed by atoms with Crippen LogP contribution in [0.3, 0.4) is 0 Å². The number of piperazine rings is 1. The largest absolute Gasteiger partial charge is 0.487 e. The maximum atomic E-state index is 6.64. The van der Waals surface area contributed by atoms with Gasteiger partial charge in [0.25, 0.3) is 0 Å². The summed E-state index contributed by atoms with van der Waals surface area (Å²) in [6.07, 6.45) is 5.58. The molecule has 0 spiro atoms. The van der Waals surface area contributed by atoms with Crippen LogP contribution in [-0.4, -0.2) is 69.3 Å². The summed E-state index contributed by atoms with van der Waals surface area (Å²) in [6, 6.07) is 14.1. The molecule has 2 aliphatic rings. The number of ether oxygens (including phenoxy) is 1. The van der Waals surface area contributed by atoms with Gasteiger partial charge < -0.3 is 15.0 Å². The van der Waals surface area contributed by atoms with Crippen LogP contribution < -0.4 is 10.1 Å². The zero-order chi connectivity index (χ0) is 28.6. The molecule has 8 nitrogen and oxygen atoms in total. The number of likely N-dealkylation sites (N-methyl/N-ethyl adjacent to an activating group) is 1. The van der Waals surface area contributed by atoms with Crippen molar-refractivity contribution in [3.05, 3.63) is 82.4 Å². The van der Waals surface area contributed by atoms with E-state index in [-0.39, 0.29) is 0 Å². The molecular weight excluding hydrogens is 566 g/mol. The Morgan fingerprint density at radius 3 is 2.74 bits per heavy atom. The van der Waals surface area contributed by atoms with E-state index in [9.17, 15) is 0 Å². The topological polar surface area (TPSA) is 71.3 Å². The minimum atomic E-state index is 0.468. The number of thiophene rings is 1. The number of aromatic nitrogens is 4. The molecule has 42 heavy (non-hydrogen) atoms. The van der Waals surface area contributed by atoms with Gasteiger partial charge in [-0.1, -0.05) is 41.4 Å². The van der Waals surface area contributed by atoms with E-state index in [0.717, 1.165) is 79.4 Å². The van der Waals surface area contributed by atoms with Crippen molar-refractivity contribution in [3.63, 3.8) is 0 Å². The molecule has 0 bridgehead atoms. The van der Waals surface area contributed by atoms with Gasteiger partial charge in [-0.15, -0.1) is 11.3 Å². The molecule has 10 heteroatoms. The van der Waals surface area contributed by atoms with Crippen molar-refractivity contribution in [3.8, 4) is 16.2 Å². The first-order chi connectivity index (χ1) is 20.5. The molecule has 216 valence electrons. The van der Waals surface area contributed by atoms with Crippen LogP contribution in [0.4, 0.5) is 11.5 Å². The fourth-order valence-corrected chi connectivity index (χ4v) is 7.40. The second-order valence-electron chi connectivity index (χ2n) is 11.2. The van der Waals surface area contributed by atoms with E-state index in [1.165, 1.54) is 27.3 Å². The number of fused-ring (bicyclic) bond motifs is 5. The SMILES string of the molecule is Cc1cccc(COc2ccc(Nc3ncnc4sc5c(c34)CCc3c-5cnn3CCN3CCN(C)CC3)cc2Cl)c1. The Morgan fingerprint density at radius 1 is 1.02 bits per heavy atom. The number of hydrogen-bond acceptors (Lipinski definition) is 8. The lowest BCUT2D eigenvalue weighted by atomic mass is 9.95. The molecule has 1 aliphatic heterocycles. The number of nitrogens with zero attached hydrogens (tertiary/aromatic N) is 6. The fourth-order valence-electron chi connectivity index (χ4n) is 5.94. The van der Waals surface area contributed by atoms with Crippen LogP contribution in [0.25, 0.3) is 20.7 Å². The molecule has 0 atom stereocenters. The summed E-state index contributed by atoms with van der Waals surface area (Å²) in [6.45, 7) is 9.04. The first-order valence-electron chi connectivity index (χ1n) is 14.5. The van der Waals surface area contributed by atoms with Gasteiger partial charge in [0.2, 0.25) is 0 Å². The van der Waals surface area contributed by atoms with Crippen LogP contribution in [0, 0.1) is 6.92 Å². The van der Waals surface area contributed by atoms with Gasteiger partial charge in [0.05, 0.1) is 23.2 Å². The normalized spacial score (nSPS) is 15.5. The third kappa shape index (κ3) is 5.49. The van der Waals surface area contributed by atoms with E-state index in [2.05, 4.69) is 61.9 Å². The molecular formula is C32H34ClN7OS. The quantitative estimate of drug-likeness (QED) is 0.228. The van der Waals surface area contributed by atoms with E-state index in [4.69, 9.17) is 21.4 Å². The maximum Gasteiger partial charge on any atom is 0.142 e. The number of rotatable bonds is 8. The molecule has 2 aromatic carbocycles. The molecule has 0 unspecified atom stereocenters. The number of halogens is 1. The number of nitrogens with one attached hydrogen (secondary N) is 1. The van der Waals surface area contributed by atoms with E-state index in [1.807, 2.05) is 30.5 Å². The Kier molecular flexibility index (Phi) is 7.58. The summed E-state index contributed by atoms with van der Waals surface area (Å²) in [4.78, 5) is 16.5. The Bertz CT molecular complexity index is 1740. The van der Waals surface area contributed by atoms with Gasteiger partial charge in [-0.2, -0.15) is 5.10 Å². The van der Waals surface area contributed by atoms with Gasteiger partial charge in [0.1, 0.15) is 29.3 Å². The van der Waals surface area contributed by atoms with Gasteiger partial charge in [0, 0.05) is 54.5 Å². The van der Waals surface area contributed by atoms with Crippen LogP contribution >= 0.6 is 22.9 Å². The first kappa shape index (κ1) is 27.3. The lowest BCUT2D eigenvalue weighted by molar-refractivity contribution is 0.148. The summed E-state index contributed by atoms with van der Waals surface area (Å²) >= 11 is 8.37. The summed E-state index contributed by atoms with van der Waals surface area (Å²) < 4.78 is 8.23. The van der Waals surface area contributed by atoms with E-state index in [0.29, 0.717) is 17.4 Å². The van der Waals surface area contributed by atoms with Gasteiger partial charge in [-0.05, 0) is 56.1 Å². The average molecular weight is 600 g/mol. The zero-order valence-electron chi connectivity index (χ0n) is 23.9. The standard InChI is InChI=1S/C32H34ClN7OS/c1-21-4-3-5-22(16-21)19-41-28-9-6-23(17-26(28)33)37-31-29-24-7-8-27-25(30(24)42-32(29)35-20-34-31)18-36-40(27)15-14-39-12-10-38(2)11-13-39/h3-6,9,16-18,20H,7-8,10-15,19H2,1-2H3,(H,34,35,37). The molecule has 0 radical (unpaired) electrons. The second-order valence-corrected chi connectivity index (χ2v) is 12.6. The summed E-state index contributed by atoms with van der Waals surface area (Å²) in [5.74, 6) is 1.45. The number of aryl methyl sites for hydroxylation is 2. The third-order valence-corrected chi connectivity index (χ3v) is 9.76. The number of hydrogen-bond donors (Lipinski definition) is 1. The van der Waals surface area contributed by atoms with Crippen molar-refractivity contribution in [2.45, 2.75) is 32.9 Å². The number of anilines is 2. The Labute approximate surface area is 254 Å². The molecule has 5 aromatic rings. The molecule has 3 aromatic heterocycles. The van der Waals surface area contributed by atoms with Gasteiger partial charge in [0.15, 0.2) is 0 Å². The van der Waals surface area contributed by atoms with E-state index < -0.39 is 0 Å². The van der Waals surface area contributed by atoms with Crippen molar-refractivity contribution in [1.82, 2.24) is 29.5 Å². The van der Waals surface area contributed by atoms with Crippen LogP contribution in [0.2, 0.25) is 5.02 Å². The van der Waals surface area contributed by atoms with Crippen LogP contribution in [0.5, 0.6) is 5.75 Å². The Hall–Kier alpha value is -3.50. The van der Waals surface area contributed by atoms with Gasteiger partial charge in [-0.3, -0.25) is 9.58 Å². The minimum absolute atomic E-state index is 0.468. The predicted octanol–water partition coefficient (Wildman–Crippen LogP) is 6.19. The third-order valence-electron chi connectivity index (χ3n) is 8.29. The predicted molar refractivity (Wildman–Crippen MR) is 170 cm³/mol. The summed E-state index contributed by atoms with van der Waals surface area (Å²) in [5, 5.41) is 9.97. The molecule has 1 saturated heterocycles. The van der Waals surface area contributed by atoms with Crippen molar-refractivity contribution in [2.75, 3.05) is 45.1 Å². The van der Waals surface area contributed by atoms with E-state index >= 15 is 0 Å². The minimum Gasteiger partial charge on any atom is -0.487 e. The second kappa shape index (κ2) is 11.6. The smallest absolute Gasteiger partial charge is 0.142 e. The monoisotopic (exact) mass is 599 g/mol. The van der Waals surface area contributed by atoms with Gasteiger partial charge >= 0.3 is 0 Å². The molecule has 7 rings (SSSR count). The summed E-state index contributed by atoms with van der Waals surface area (Å²) in [7, 11) is 2.20. The van der Waals surface area contributed by atoms with Gasteiger partial charge in [-0.25, -0.2) is 9.97 Å². The molecule has 0 amide bonds. The molecule has 1 N–H and O–H groups in total. The van der Waals surface area contributed by atoms with Crippen molar-refractivity contribution in [2.24, 2.45) is 0 Å². The Morgan fingerprint density at radius 2 is 1.90 bits per heavy atom. The van der Waals surface area contributed by atoms with Crippen LogP contribution in [0.1, 0.15) is 22.4 Å². The first-order valence-corrected chi connectivity index (χ1v) is 15.7. The zero-order valence-corrected chi connectivity index (χ0v) is 25.5. The average Bonchev–Trinajstić information content (AvgIpc) is 3.58. The van der Waals surface area contributed by atoms with Crippen molar-refractivity contribution in [1.29, 1.82) is 0 Å². The molecule has 4 heterocycles. The molecule has 1 aliphatic carbocycles. The van der Waals surface area contributed by atoms with Crippen LogP contribution in [0.15, 0.2) is 55.0 Å². The van der Waals surface area contributed by atoms with Crippen LogP contribution in [-0.2, 0) is 26.0 Å². The highest BCUT2D eigenvalue weighted by atomic mass is 35.5. The van der Waals surface area contributed by atoms with Crippen molar-refractivity contribution >= 4 is 44.7 Å². The lowest BCUT2D eigenvalue weighted by Gasteiger charge is -2.32. The Balaban J connectivity index is 1.09. The van der Waals surface area contributed by atoms with E-state index in [1.54, 1.807) is 17.7 Å². The molecule has 1 fully saturated rings. The highest BCUT2D eigenvalue weighted by Crippen LogP contribution is 2.45. The molecule has 0 saturated carbocycles. The highest BCUT2D eigenvalue weighted by molar-refractivity contribution is 7.22. The van der Waals surface area contributed by atoms with Crippen molar-refractivity contribution < 1.29 is 4.74 Å². The maximum absolute atomic E-state index is 6.64. The fraction of sp³-hybridized carbons (Fsp3) is 0.344. The lowest BCUT2D eigenvalue weighted by Crippen LogP contribution is -2.45. The number of benzene rings is 2. The summed E-state index contributed by atoms with van der Waals surface area (Å²) in [5.41, 5.74) is 7.05.